The lowest BCUT2D eigenvalue weighted by atomic mass is 10.2. The molecule has 0 saturated carbocycles. The zero-order valence-electron chi connectivity index (χ0n) is 9.23. The van der Waals surface area contributed by atoms with E-state index in [-0.39, 0.29) is 6.61 Å². The third-order valence-corrected chi connectivity index (χ3v) is 3.93. The van der Waals surface area contributed by atoms with Gasteiger partial charge in [-0.2, -0.15) is 11.3 Å². The van der Waals surface area contributed by atoms with Crippen LogP contribution in [0.3, 0.4) is 0 Å². The Balaban J connectivity index is 1.90. The average Bonchev–Trinajstić information content (AvgIpc) is 2.84. The van der Waals surface area contributed by atoms with Gasteiger partial charge in [-0.3, -0.25) is 0 Å². The lowest BCUT2D eigenvalue weighted by molar-refractivity contribution is 0.278. The molecule has 0 fully saturated rings. The molecule has 0 aliphatic heterocycles. The first kappa shape index (κ1) is 12.6. The van der Waals surface area contributed by atoms with E-state index in [0.29, 0.717) is 6.61 Å². The molecule has 2 aromatic rings. The minimum Gasteiger partial charge on any atom is -0.493 e. The highest BCUT2D eigenvalue weighted by Crippen LogP contribution is 2.22. The standard InChI is InChI=1S/C13H13BrO2S/c14-13-2-1-12(7-11(13)8-15)16-5-3-10-4-6-17-9-10/h1-2,4,6-7,9,15H,3,5,8H2. The van der Waals surface area contributed by atoms with Crippen LogP contribution in [0.4, 0.5) is 0 Å². The SMILES string of the molecule is OCc1cc(OCCc2ccsc2)ccc1Br. The third kappa shape index (κ3) is 3.56. The molecule has 90 valence electrons. The third-order valence-electron chi connectivity index (χ3n) is 2.43. The van der Waals surface area contributed by atoms with Gasteiger partial charge < -0.3 is 9.84 Å². The van der Waals surface area contributed by atoms with Crippen molar-refractivity contribution in [2.45, 2.75) is 13.0 Å². The van der Waals surface area contributed by atoms with Crippen molar-refractivity contribution in [3.8, 4) is 5.75 Å². The van der Waals surface area contributed by atoms with E-state index in [1.165, 1.54) is 5.56 Å². The topological polar surface area (TPSA) is 29.5 Å². The predicted molar refractivity (Wildman–Crippen MR) is 73.6 cm³/mol. The van der Waals surface area contributed by atoms with Gasteiger partial charge in [-0.15, -0.1) is 0 Å². The molecule has 4 heteroatoms. The van der Waals surface area contributed by atoms with Gasteiger partial charge in [-0.25, -0.2) is 0 Å². The highest BCUT2D eigenvalue weighted by atomic mass is 79.9. The second kappa shape index (κ2) is 6.19. The fourth-order valence-electron chi connectivity index (χ4n) is 1.48. The lowest BCUT2D eigenvalue weighted by Gasteiger charge is -2.08. The number of aliphatic hydroxyl groups is 1. The maximum Gasteiger partial charge on any atom is 0.119 e. The summed E-state index contributed by atoms with van der Waals surface area (Å²) in [5.41, 5.74) is 2.15. The van der Waals surface area contributed by atoms with Crippen LogP contribution >= 0.6 is 27.3 Å². The second-order valence-electron chi connectivity index (χ2n) is 3.64. The van der Waals surface area contributed by atoms with Gasteiger partial charge in [0.2, 0.25) is 0 Å². The Morgan fingerprint density at radius 2 is 2.18 bits per heavy atom. The van der Waals surface area contributed by atoms with Gasteiger partial charge >= 0.3 is 0 Å². The molecule has 0 bridgehead atoms. The molecule has 0 spiro atoms. The van der Waals surface area contributed by atoms with Gasteiger partial charge in [0.1, 0.15) is 5.75 Å². The van der Waals surface area contributed by atoms with Gasteiger partial charge in [-0.05, 0) is 46.2 Å². The Kier molecular flexibility index (Phi) is 4.59. The Bertz CT molecular complexity index is 468. The minimum atomic E-state index is 0.0162. The Morgan fingerprint density at radius 1 is 1.29 bits per heavy atom. The molecule has 0 unspecified atom stereocenters. The van der Waals surface area contributed by atoms with E-state index in [0.717, 1.165) is 22.2 Å². The van der Waals surface area contributed by atoms with Crippen LogP contribution in [0, 0.1) is 0 Å². The first-order valence-corrected chi connectivity index (χ1v) is 7.06. The van der Waals surface area contributed by atoms with Crippen molar-refractivity contribution in [3.05, 3.63) is 50.6 Å². The van der Waals surface area contributed by atoms with E-state index in [1.807, 2.05) is 18.2 Å². The molecule has 1 N–H and O–H groups in total. The summed E-state index contributed by atoms with van der Waals surface area (Å²) in [6, 6.07) is 7.76. The van der Waals surface area contributed by atoms with Crippen molar-refractivity contribution < 1.29 is 9.84 Å². The van der Waals surface area contributed by atoms with E-state index in [9.17, 15) is 0 Å². The monoisotopic (exact) mass is 312 g/mol. The molecule has 1 aromatic carbocycles. The first-order valence-electron chi connectivity index (χ1n) is 5.33. The van der Waals surface area contributed by atoms with E-state index in [2.05, 4.69) is 32.8 Å². The maximum atomic E-state index is 9.13. The van der Waals surface area contributed by atoms with E-state index < -0.39 is 0 Å². The Labute approximate surface area is 113 Å². The summed E-state index contributed by atoms with van der Waals surface area (Å²) in [5.74, 6) is 0.799. The lowest BCUT2D eigenvalue weighted by Crippen LogP contribution is -2.01. The fraction of sp³-hybridized carbons (Fsp3) is 0.231. The van der Waals surface area contributed by atoms with E-state index in [4.69, 9.17) is 9.84 Å². The quantitative estimate of drug-likeness (QED) is 0.913. The smallest absolute Gasteiger partial charge is 0.119 e. The second-order valence-corrected chi connectivity index (χ2v) is 5.28. The number of hydrogen-bond donors (Lipinski definition) is 1. The molecule has 2 nitrogen and oxygen atoms in total. The van der Waals surface area contributed by atoms with Gasteiger partial charge in [0, 0.05) is 10.9 Å². The van der Waals surface area contributed by atoms with Gasteiger partial charge in [0.15, 0.2) is 0 Å². The average molecular weight is 313 g/mol. The number of aliphatic hydroxyl groups excluding tert-OH is 1. The molecule has 17 heavy (non-hydrogen) atoms. The summed E-state index contributed by atoms with van der Waals surface area (Å²) < 4.78 is 6.56. The molecule has 2 rings (SSSR count). The molecule has 0 radical (unpaired) electrons. The van der Waals surface area contributed by atoms with Crippen molar-refractivity contribution in [1.82, 2.24) is 0 Å². The molecule has 1 aromatic heterocycles. The van der Waals surface area contributed by atoms with Crippen molar-refractivity contribution in [2.75, 3.05) is 6.61 Å². The van der Waals surface area contributed by atoms with Crippen LogP contribution in [-0.4, -0.2) is 11.7 Å². The molecule has 1 heterocycles. The molecule has 0 saturated heterocycles. The molecule has 0 atom stereocenters. The van der Waals surface area contributed by atoms with Crippen LogP contribution in [0.2, 0.25) is 0 Å². The number of ether oxygens (including phenoxy) is 1. The van der Waals surface area contributed by atoms with Gasteiger partial charge in [0.05, 0.1) is 13.2 Å². The van der Waals surface area contributed by atoms with Crippen LogP contribution in [0.25, 0.3) is 0 Å². The Hall–Kier alpha value is -0.840. The number of rotatable bonds is 5. The number of thiophene rings is 1. The zero-order chi connectivity index (χ0) is 12.1. The number of hydrogen-bond acceptors (Lipinski definition) is 3. The molecule has 0 aliphatic carbocycles. The molecular weight excluding hydrogens is 300 g/mol. The summed E-state index contributed by atoms with van der Waals surface area (Å²) in [6.45, 7) is 0.672. The highest BCUT2D eigenvalue weighted by molar-refractivity contribution is 9.10. The van der Waals surface area contributed by atoms with Crippen molar-refractivity contribution in [1.29, 1.82) is 0 Å². The summed E-state index contributed by atoms with van der Waals surface area (Å²) in [5, 5.41) is 13.3. The minimum absolute atomic E-state index is 0.0162. The zero-order valence-corrected chi connectivity index (χ0v) is 11.6. The molecule has 0 aliphatic rings. The maximum absolute atomic E-state index is 9.13. The summed E-state index contributed by atoms with van der Waals surface area (Å²) in [7, 11) is 0. The van der Waals surface area contributed by atoms with Crippen LogP contribution < -0.4 is 4.74 Å². The van der Waals surface area contributed by atoms with Crippen molar-refractivity contribution in [3.63, 3.8) is 0 Å². The van der Waals surface area contributed by atoms with Crippen molar-refractivity contribution >= 4 is 27.3 Å². The van der Waals surface area contributed by atoms with E-state index in [1.54, 1.807) is 11.3 Å². The van der Waals surface area contributed by atoms with Gasteiger partial charge in [0.25, 0.3) is 0 Å². The summed E-state index contributed by atoms with van der Waals surface area (Å²) >= 11 is 5.08. The van der Waals surface area contributed by atoms with Crippen LogP contribution in [0.1, 0.15) is 11.1 Å². The first-order chi connectivity index (χ1) is 8.29. The number of halogens is 1. The Morgan fingerprint density at radius 3 is 2.88 bits per heavy atom. The van der Waals surface area contributed by atoms with Crippen LogP contribution in [0.5, 0.6) is 5.75 Å². The van der Waals surface area contributed by atoms with Crippen LogP contribution in [0.15, 0.2) is 39.5 Å². The summed E-state index contributed by atoms with van der Waals surface area (Å²) in [6.07, 6.45) is 0.911. The molecule has 0 amide bonds. The van der Waals surface area contributed by atoms with Crippen molar-refractivity contribution in [2.24, 2.45) is 0 Å². The van der Waals surface area contributed by atoms with Gasteiger partial charge in [-0.1, -0.05) is 15.9 Å². The predicted octanol–water partition coefficient (Wildman–Crippen LogP) is 3.62. The largest absolute Gasteiger partial charge is 0.493 e. The normalized spacial score (nSPS) is 10.5. The van der Waals surface area contributed by atoms with Crippen LogP contribution in [-0.2, 0) is 13.0 Å². The number of benzene rings is 1. The fourth-order valence-corrected chi connectivity index (χ4v) is 2.56. The summed E-state index contributed by atoms with van der Waals surface area (Å²) in [4.78, 5) is 0. The molecular formula is C13H13BrO2S. The van der Waals surface area contributed by atoms with E-state index >= 15 is 0 Å². The highest BCUT2D eigenvalue weighted by Gasteiger charge is 2.01.